The fraction of sp³-hybridized carbons (Fsp3) is 0.909. The van der Waals surface area contributed by atoms with Crippen LogP contribution >= 0.6 is 0 Å². The van der Waals surface area contributed by atoms with Crippen LogP contribution in [0.2, 0.25) is 0 Å². The highest BCUT2D eigenvalue weighted by Gasteiger charge is 2.23. The molecule has 1 saturated heterocycles. The van der Waals surface area contributed by atoms with Gasteiger partial charge in [0.1, 0.15) is 6.17 Å². The van der Waals surface area contributed by atoms with E-state index in [1.54, 1.807) is 0 Å². The van der Waals surface area contributed by atoms with Gasteiger partial charge in [-0.1, -0.05) is 6.42 Å². The number of carboxylic acid groups (broad SMARTS) is 1. The van der Waals surface area contributed by atoms with Crippen LogP contribution < -0.4 is 5.32 Å². The molecule has 94 valence electrons. The summed E-state index contributed by atoms with van der Waals surface area (Å²) in [4.78, 5) is 10.2. The van der Waals surface area contributed by atoms with E-state index < -0.39 is 12.1 Å². The minimum Gasteiger partial charge on any atom is -0.481 e. The standard InChI is InChI=1S/C11H20FNO3/c12-9-6-10(13-7-9)8-16-5-3-1-2-4-11(14)15/h9-10,13H,1-8H2,(H,14,15)/t9-,10-/m0/s1. The molecule has 1 aliphatic rings. The van der Waals surface area contributed by atoms with Gasteiger partial charge in [-0.3, -0.25) is 4.79 Å². The van der Waals surface area contributed by atoms with Gasteiger partial charge in [0.05, 0.1) is 6.61 Å². The van der Waals surface area contributed by atoms with Crippen LogP contribution in [0.15, 0.2) is 0 Å². The van der Waals surface area contributed by atoms with Crippen molar-refractivity contribution in [3.05, 3.63) is 0 Å². The summed E-state index contributed by atoms with van der Waals surface area (Å²) in [6.07, 6.45) is 2.48. The van der Waals surface area contributed by atoms with Crippen LogP contribution in [0.1, 0.15) is 32.1 Å². The first-order valence-corrected chi connectivity index (χ1v) is 5.85. The topological polar surface area (TPSA) is 58.6 Å². The molecule has 1 aliphatic heterocycles. The molecule has 1 heterocycles. The Labute approximate surface area is 95.2 Å². The summed E-state index contributed by atoms with van der Waals surface area (Å²) in [5.41, 5.74) is 0. The smallest absolute Gasteiger partial charge is 0.303 e. The maximum Gasteiger partial charge on any atom is 0.303 e. The van der Waals surface area contributed by atoms with Gasteiger partial charge in [0.15, 0.2) is 0 Å². The van der Waals surface area contributed by atoms with Crippen LogP contribution in [0.4, 0.5) is 4.39 Å². The lowest BCUT2D eigenvalue weighted by Gasteiger charge is -2.10. The van der Waals surface area contributed by atoms with E-state index >= 15 is 0 Å². The van der Waals surface area contributed by atoms with Gasteiger partial charge in [-0.05, 0) is 19.3 Å². The highest BCUT2D eigenvalue weighted by Crippen LogP contribution is 2.10. The van der Waals surface area contributed by atoms with Crippen LogP contribution in [-0.2, 0) is 9.53 Å². The summed E-state index contributed by atoms with van der Waals surface area (Å²) in [5.74, 6) is -0.745. The maximum absolute atomic E-state index is 12.8. The third-order valence-corrected chi connectivity index (χ3v) is 2.67. The summed E-state index contributed by atoms with van der Waals surface area (Å²) in [5, 5.41) is 11.5. The molecule has 0 unspecified atom stereocenters. The number of aliphatic carboxylic acids is 1. The Kier molecular flexibility index (Phi) is 6.33. The zero-order chi connectivity index (χ0) is 11.8. The summed E-state index contributed by atoms with van der Waals surface area (Å²) in [6.45, 7) is 1.63. The van der Waals surface area contributed by atoms with E-state index in [4.69, 9.17) is 9.84 Å². The van der Waals surface area contributed by atoms with Gasteiger partial charge in [0.25, 0.3) is 0 Å². The van der Waals surface area contributed by atoms with Gasteiger partial charge in [0.2, 0.25) is 0 Å². The predicted molar refractivity (Wildman–Crippen MR) is 58.2 cm³/mol. The van der Waals surface area contributed by atoms with Crippen LogP contribution in [0, 0.1) is 0 Å². The van der Waals surface area contributed by atoms with Crippen molar-refractivity contribution in [2.24, 2.45) is 0 Å². The number of ether oxygens (including phenoxy) is 1. The molecule has 5 heteroatoms. The summed E-state index contributed by atoms with van der Waals surface area (Å²) < 4.78 is 18.1. The normalized spacial score (nSPS) is 24.8. The van der Waals surface area contributed by atoms with Crippen molar-refractivity contribution in [3.8, 4) is 0 Å². The van der Waals surface area contributed by atoms with Gasteiger partial charge in [-0.15, -0.1) is 0 Å². The first-order chi connectivity index (χ1) is 7.68. The first-order valence-electron chi connectivity index (χ1n) is 5.85. The van der Waals surface area contributed by atoms with Gasteiger partial charge >= 0.3 is 5.97 Å². The second-order valence-corrected chi connectivity index (χ2v) is 4.22. The molecule has 1 fully saturated rings. The van der Waals surface area contributed by atoms with E-state index in [0.717, 1.165) is 12.8 Å². The third kappa shape index (κ3) is 6.02. The molecule has 0 aromatic carbocycles. The van der Waals surface area contributed by atoms with Gasteiger partial charge in [-0.2, -0.15) is 0 Å². The average molecular weight is 233 g/mol. The monoisotopic (exact) mass is 233 g/mol. The molecule has 4 nitrogen and oxygen atoms in total. The molecule has 0 aliphatic carbocycles. The van der Waals surface area contributed by atoms with Crippen LogP contribution in [0.25, 0.3) is 0 Å². The van der Waals surface area contributed by atoms with E-state index in [0.29, 0.717) is 32.6 Å². The lowest BCUT2D eigenvalue weighted by molar-refractivity contribution is -0.137. The largest absolute Gasteiger partial charge is 0.481 e. The van der Waals surface area contributed by atoms with E-state index in [1.807, 2.05) is 0 Å². The van der Waals surface area contributed by atoms with Crippen molar-refractivity contribution >= 4 is 5.97 Å². The van der Waals surface area contributed by atoms with Crippen LogP contribution in [-0.4, -0.2) is 43.0 Å². The second kappa shape index (κ2) is 7.57. The van der Waals surface area contributed by atoms with Crippen molar-refractivity contribution in [1.82, 2.24) is 5.32 Å². The molecular weight excluding hydrogens is 213 g/mol. The number of hydrogen-bond donors (Lipinski definition) is 2. The molecule has 0 spiro atoms. The SMILES string of the molecule is O=C(O)CCCCCOC[C@@H]1C[C@H](F)CN1. The van der Waals surface area contributed by atoms with E-state index in [2.05, 4.69) is 5.32 Å². The number of nitrogens with one attached hydrogen (secondary N) is 1. The first kappa shape index (κ1) is 13.4. The third-order valence-electron chi connectivity index (χ3n) is 2.67. The van der Waals surface area contributed by atoms with Crippen molar-refractivity contribution in [2.75, 3.05) is 19.8 Å². The molecule has 0 saturated carbocycles. The molecular formula is C11H20FNO3. The molecule has 0 bridgehead atoms. The Hall–Kier alpha value is -0.680. The molecule has 2 atom stereocenters. The molecule has 16 heavy (non-hydrogen) atoms. The Morgan fingerprint density at radius 1 is 1.44 bits per heavy atom. The Bertz CT molecular complexity index is 213. The number of carbonyl (C=O) groups is 1. The molecule has 1 rings (SSSR count). The number of unbranched alkanes of at least 4 members (excludes halogenated alkanes) is 2. The number of alkyl halides is 1. The average Bonchev–Trinajstić information content (AvgIpc) is 2.62. The van der Waals surface area contributed by atoms with Crippen molar-refractivity contribution in [1.29, 1.82) is 0 Å². The maximum atomic E-state index is 12.8. The zero-order valence-electron chi connectivity index (χ0n) is 9.45. The van der Waals surface area contributed by atoms with Gasteiger partial charge in [0, 0.05) is 25.6 Å². The highest BCUT2D eigenvalue weighted by atomic mass is 19.1. The van der Waals surface area contributed by atoms with Crippen molar-refractivity contribution < 1.29 is 19.0 Å². The van der Waals surface area contributed by atoms with E-state index in [9.17, 15) is 9.18 Å². The summed E-state index contributed by atoms with van der Waals surface area (Å²) >= 11 is 0. The minimum atomic E-state index is -0.745. The van der Waals surface area contributed by atoms with Crippen LogP contribution in [0.5, 0.6) is 0 Å². The Morgan fingerprint density at radius 2 is 2.25 bits per heavy atom. The lowest BCUT2D eigenvalue weighted by atomic mass is 10.2. The van der Waals surface area contributed by atoms with E-state index in [1.165, 1.54) is 0 Å². The molecule has 0 amide bonds. The minimum absolute atomic E-state index is 0.147. The lowest BCUT2D eigenvalue weighted by Crippen LogP contribution is -2.26. The number of hydrogen-bond acceptors (Lipinski definition) is 3. The summed E-state index contributed by atoms with van der Waals surface area (Å²) in [6, 6.07) is 0.147. The number of carboxylic acids is 1. The van der Waals surface area contributed by atoms with Crippen molar-refractivity contribution in [3.63, 3.8) is 0 Å². The van der Waals surface area contributed by atoms with E-state index in [-0.39, 0.29) is 12.5 Å². The molecule has 2 N–H and O–H groups in total. The highest BCUT2D eigenvalue weighted by molar-refractivity contribution is 5.66. The Balaban J connectivity index is 1.83. The van der Waals surface area contributed by atoms with Gasteiger partial charge in [-0.25, -0.2) is 4.39 Å². The summed E-state index contributed by atoms with van der Waals surface area (Å²) in [7, 11) is 0. The van der Waals surface area contributed by atoms with Gasteiger partial charge < -0.3 is 15.2 Å². The molecule has 0 radical (unpaired) electrons. The quantitative estimate of drug-likeness (QED) is 0.621. The Morgan fingerprint density at radius 3 is 2.88 bits per heavy atom. The fourth-order valence-corrected chi connectivity index (χ4v) is 1.78. The van der Waals surface area contributed by atoms with Crippen LogP contribution in [0.3, 0.4) is 0 Å². The number of rotatable bonds is 8. The molecule has 0 aromatic rings. The zero-order valence-corrected chi connectivity index (χ0v) is 9.45. The second-order valence-electron chi connectivity index (χ2n) is 4.22. The van der Waals surface area contributed by atoms with Crippen molar-refractivity contribution in [2.45, 2.75) is 44.3 Å². The predicted octanol–water partition coefficient (Wildman–Crippen LogP) is 1.35. The fourth-order valence-electron chi connectivity index (χ4n) is 1.78. The number of halogens is 1. The molecule has 0 aromatic heterocycles.